The molecule has 4 heterocycles. The van der Waals surface area contributed by atoms with Crippen LogP contribution in [-0.2, 0) is 9.53 Å². The molecule has 0 amide bonds. The van der Waals surface area contributed by atoms with Crippen LogP contribution in [0.3, 0.4) is 0 Å². The van der Waals surface area contributed by atoms with Crippen molar-refractivity contribution < 1.29 is 19.4 Å². The number of carboxylic acids is 1. The van der Waals surface area contributed by atoms with Gasteiger partial charge in [0.25, 0.3) is 0 Å². The van der Waals surface area contributed by atoms with E-state index in [2.05, 4.69) is 10.3 Å². The minimum absolute atomic E-state index is 0.0890. The van der Waals surface area contributed by atoms with Crippen LogP contribution in [0.2, 0.25) is 0 Å². The summed E-state index contributed by atoms with van der Waals surface area (Å²) in [5, 5.41) is 15.1. The van der Waals surface area contributed by atoms with Gasteiger partial charge in [-0.1, -0.05) is 0 Å². The SMILES string of the molecule is COC1CN(c2ccc3c(=O)c(C(=O)O)cn(-c4nccs4)c3n2)CC1NCC(=O)[C@H](C)N. The van der Waals surface area contributed by atoms with Crippen LogP contribution in [0, 0.1) is 0 Å². The van der Waals surface area contributed by atoms with Gasteiger partial charge in [0.05, 0.1) is 30.1 Å². The highest BCUT2D eigenvalue weighted by molar-refractivity contribution is 7.12. The molecule has 0 saturated carbocycles. The van der Waals surface area contributed by atoms with Crippen LogP contribution in [0.1, 0.15) is 17.3 Å². The van der Waals surface area contributed by atoms with E-state index in [1.807, 2.05) is 4.90 Å². The van der Waals surface area contributed by atoms with Gasteiger partial charge in [-0.3, -0.25) is 14.2 Å². The lowest BCUT2D eigenvalue weighted by Gasteiger charge is -2.19. The molecule has 3 atom stereocenters. The van der Waals surface area contributed by atoms with Gasteiger partial charge < -0.3 is 25.8 Å². The molecule has 1 fully saturated rings. The average Bonchev–Trinajstić information content (AvgIpc) is 3.47. The Hall–Kier alpha value is -3.19. The molecule has 4 rings (SSSR count). The summed E-state index contributed by atoms with van der Waals surface area (Å²) in [4.78, 5) is 47.2. The zero-order valence-electron chi connectivity index (χ0n) is 18.1. The molecule has 4 N–H and O–H groups in total. The molecule has 0 radical (unpaired) electrons. The van der Waals surface area contributed by atoms with Gasteiger partial charge in [-0.15, -0.1) is 11.3 Å². The Kier molecular flexibility index (Phi) is 6.51. The number of hydrogen-bond acceptors (Lipinski definition) is 10. The second-order valence-corrected chi connectivity index (χ2v) is 8.70. The van der Waals surface area contributed by atoms with Crippen molar-refractivity contribution in [3.8, 4) is 5.13 Å². The van der Waals surface area contributed by atoms with Gasteiger partial charge in [0, 0.05) is 38.0 Å². The summed E-state index contributed by atoms with van der Waals surface area (Å²) in [6.07, 6.45) is 2.67. The first kappa shape index (κ1) is 23.0. The second-order valence-electron chi connectivity index (χ2n) is 7.82. The molecule has 0 bridgehead atoms. The monoisotopic (exact) mass is 472 g/mol. The van der Waals surface area contributed by atoms with E-state index in [9.17, 15) is 19.5 Å². The van der Waals surface area contributed by atoms with E-state index in [1.54, 1.807) is 37.7 Å². The van der Waals surface area contributed by atoms with E-state index >= 15 is 0 Å². The molecule has 1 saturated heterocycles. The minimum atomic E-state index is -1.31. The van der Waals surface area contributed by atoms with Crippen molar-refractivity contribution in [3.05, 3.63) is 45.7 Å². The Labute approximate surface area is 192 Å². The first-order valence-electron chi connectivity index (χ1n) is 10.3. The molecular formula is C21H24N6O5S. The summed E-state index contributed by atoms with van der Waals surface area (Å²) < 4.78 is 7.12. The van der Waals surface area contributed by atoms with Gasteiger partial charge in [-0.2, -0.15) is 0 Å². The third-order valence-electron chi connectivity index (χ3n) is 5.63. The van der Waals surface area contributed by atoms with Gasteiger partial charge in [0.15, 0.2) is 16.6 Å². The fourth-order valence-corrected chi connectivity index (χ4v) is 4.41. The van der Waals surface area contributed by atoms with Gasteiger partial charge in [0.2, 0.25) is 5.43 Å². The van der Waals surface area contributed by atoms with Crippen LogP contribution in [-0.4, -0.2) is 76.3 Å². The highest BCUT2D eigenvalue weighted by atomic mass is 32.1. The van der Waals surface area contributed by atoms with Crippen LogP contribution < -0.4 is 21.4 Å². The molecule has 11 nitrogen and oxygen atoms in total. The summed E-state index contributed by atoms with van der Waals surface area (Å²) in [5.74, 6) is -0.803. The van der Waals surface area contributed by atoms with Crippen LogP contribution >= 0.6 is 11.3 Å². The fourth-order valence-electron chi connectivity index (χ4n) is 3.79. The van der Waals surface area contributed by atoms with Crippen LogP contribution in [0.4, 0.5) is 5.82 Å². The quantitative estimate of drug-likeness (QED) is 0.416. The van der Waals surface area contributed by atoms with E-state index < -0.39 is 17.4 Å². The number of thiazole rings is 1. The number of fused-ring (bicyclic) bond motifs is 1. The van der Waals surface area contributed by atoms with E-state index in [0.717, 1.165) is 0 Å². The number of aromatic carboxylic acids is 1. The maximum absolute atomic E-state index is 12.7. The Balaban J connectivity index is 1.70. The van der Waals surface area contributed by atoms with Crippen LogP contribution in [0.5, 0.6) is 0 Å². The smallest absolute Gasteiger partial charge is 0.341 e. The standard InChI is InChI=1S/C21H24N6O5S/c1-11(22)15(28)7-24-14-9-26(10-16(14)32-2)17-4-3-12-18(29)13(20(30)31)8-27(19(12)25-17)21-23-5-6-33-21/h3-6,8,11,14,16,24H,7,9-10,22H2,1-2H3,(H,30,31)/t11-,14?,16?/m0/s1. The Morgan fingerprint density at radius 3 is 2.82 bits per heavy atom. The zero-order valence-corrected chi connectivity index (χ0v) is 18.9. The van der Waals surface area contributed by atoms with Crippen molar-refractivity contribution >= 4 is 39.9 Å². The average molecular weight is 473 g/mol. The predicted molar refractivity (Wildman–Crippen MR) is 123 cm³/mol. The number of methoxy groups -OCH3 is 1. The third-order valence-corrected chi connectivity index (χ3v) is 6.40. The van der Waals surface area contributed by atoms with Crippen molar-refractivity contribution in [2.75, 3.05) is 31.6 Å². The van der Waals surface area contributed by atoms with E-state index in [0.29, 0.717) is 29.7 Å². The van der Waals surface area contributed by atoms with Crippen LogP contribution in [0.25, 0.3) is 16.2 Å². The maximum Gasteiger partial charge on any atom is 0.341 e. The van der Waals surface area contributed by atoms with Gasteiger partial charge in [0.1, 0.15) is 11.4 Å². The number of pyridine rings is 2. The van der Waals surface area contributed by atoms with Crippen molar-refractivity contribution in [1.82, 2.24) is 19.9 Å². The molecule has 1 aliphatic heterocycles. The number of nitrogens with zero attached hydrogens (tertiary/aromatic N) is 4. The number of carbonyl (C=O) groups is 2. The number of anilines is 1. The molecule has 0 aromatic carbocycles. The zero-order chi connectivity index (χ0) is 23.7. The summed E-state index contributed by atoms with van der Waals surface area (Å²) in [6.45, 7) is 2.84. The van der Waals surface area contributed by atoms with Crippen molar-refractivity contribution in [2.24, 2.45) is 5.73 Å². The third kappa shape index (κ3) is 4.50. The first-order valence-corrected chi connectivity index (χ1v) is 11.2. The Morgan fingerprint density at radius 2 is 2.18 bits per heavy atom. The number of hydrogen-bond donors (Lipinski definition) is 3. The van der Waals surface area contributed by atoms with Gasteiger partial charge in [-0.25, -0.2) is 14.8 Å². The lowest BCUT2D eigenvalue weighted by molar-refractivity contribution is -0.119. The number of carbonyl (C=O) groups excluding carboxylic acids is 1. The molecule has 174 valence electrons. The molecule has 3 aromatic heterocycles. The number of nitrogens with two attached hydrogens (primary N) is 1. The Bertz CT molecular complexity index is 1240. The molecule has 1 aliphatic rings. The fraction of sp³-hybridized carbons (Fsp3) is 0.381. The largest absolute Gasteiger partial charge is 0.477 e. The maximum atomic E-state index is 12.7. The highest BCUT2D eigenvalue weighted by Gasteiger charge is 2.34. The number of aromatic nitrogens is 3. The highest BCUT2D eigenvalue weighted by Crippen LogP contribution is 2.24. The van der Waals surface area contributed by atoms with Crippen molar-refractivity contribution in [1.29, 1.82) is 0 Å². The predicted octanol–water partition coefficient (Wildman–Crippen LogP) is 0.250. The molecule has 33 heavy (non-hydrogen) atoms. The Morgan fingerprint density at radius 1 is 1.39 bits per heavy atom. The molecule has 0 spiro atoms. The van der Waals surface area contributed by atoms with E-state index in [1.165, 1.54) is 22.1 Å². The summed E-state index contributed by atoms with van der Waals surface area (Å²) in [5.41, 5.74) is 5.01. The second kappa shape index (κ2) is 9.35. The lowest BCUT2D eigenvalue weighted by Crippen LogP contribution is -2.45. The lowest BCUT2D eigenvalue weighted by atomic mass is 10.2. The minimum Gasteiger partial charge on any atom is -0.477 e. The molecule has 0 aliphatic carbocycles. The summed E-state index contributed by atoms with van der Waals surface area (Å²) >= 11 is 1.30. The van der Waals surface area contributed by atoms with Crippen LogP contribution in [0.15, 0.2) is 34.7 Å². The summed E-state index contributed by atoms with van der Waals surface area (Å²) in [6, 6.07) is 2.60. The number of Topliss-reactive ketones (excluding diaryl/α,β-unsaturated/α-hetero) is 1. The number of carboxylic acid groups (broad SMARTS) is 1. The van der Waals surface area contributed by atoms with Crippen molar-refractivity contribution in [2.45, 2.75) is 25.1 Å². The number of ketones is 1. The summed E-state index contributed by atoms with van der Waals surface area (Å²) in [7, 11) is 1.61. The molecular weight excluding hydrogens is 448 g/mol. The number of nitrogens with one attached hydrogen (secondary N) is 1. The van der Waals surface area contributed by atoms with Crippen molar-refractivity contribution in [3.63, 3.8) is 0 Å². The first-order chi connectivity index (χ1) is 15.8. The molecule has 12 heteroatoms. The van der Waals surface area contributed by atoms with Gasteiger partial charge in [-0.05, 0) is 19.1 Å². The topological polar surface area (TPSA) is 153 Å². The number of ether oxygens (including phenoxy) is 1. The molecule has 3 aromatic rings. The van der Waals surface area contributed by atoms with E-state index in [4.69, 9.17) is 15.5 Å². The van der Waals surface area contributed by atoms with Gasteiger partial charge >= 0.3 is 5.97 Å². The normalized spacial score (nSPS) is 19.2. The molecule has 2 unspecified atom stereocenters. The number of rotatable bonds is 8. The van der Waals surface area contributed by atoms with E-state index in [-0.39, 0.29) is 35.4 Å².